The van der Waals surface area contributed by atoms with Crippen LogP contribution in [0.5, 0.6) is 0 Å². The van der Waals surface area contributed by atoms with E-state index in [1.54, 1.807) is 0 Å². The molecule has 2 saturated carbocycles. The topological polar surface area (TPSA) is 9.23 Å². The van der Waals surface area contributed by atoms with Crippen molar-refractivity contribution in [3.63, 3.8) is 0 Å². The van der Waals surface area contributed by atoms with Gasteiger partial charge in [-0.15, -0.1) is 46.4 Å². The van der Waals surface area contributed by atoms with E-state index in [0.29, 0.717) is 0 Å². The third kappa shape index (κ3) is 1.70. The molecule has 0 aromatic carbocycles. The molecular formula is C14H4Cl12O. The Hall–Kier alpha value is 2.92. The molecule has 150 valence electrons. The molecule has 0 spiro atoms. The van der Waals surface area contributed by atoms with Gasteiger partial charge in [0.05, 0.1) is 32.3 Å². The Morgan fingerprint density at radius 2 is 0.741 bits per heavy atom. The van der Waals surface area contributed by atoms with Crippen LogP contribution in [0.4, 0.5) is 0 Å². The van der Waals surface area contributed by atoms with Crippen LogP contribution in [0.2, 0.25) is 0 Å². The van der Waals surface area contributed by atoms with Crippen molar-refractivity contribution < 1.29 is 4.74 Å². The molecule has 0 unspecified atom stereocenters. The smallest absolute Gasteiger partial charge is 0.169 e. The van der Waals surface area contributed by atoms with Gasteiger partial charge < -0.3 is 4.74 Å². The second-order valence-corrected chi connectivity index (χ2v) is 13.8. The molecule has 4 bridgehead atoms. The molecule has 4 aliphatic carbocycles. The average molecular weight is 614 g/mol. The fourth-order valence-electron chi connectivity index (χ4n) is 5.34. The minimum Gasteiger partial charge on any atom is -0.370 e. The molecule has 1 saturated heterocycles. The average Bonchev–Trinajstić information content (AvgIpc) is 3.16. The highest BCUT2D eigenvalue weighted by atomic mass is 35.5. The molecule has 0 N–H and O–H groups in total. The van der Waals surface area contributed by atoms with Crippen molar-refractivity contribution in [3.05, 3.63) is 20.1 Å². The third-order valence-electron chi connectivity index (χ3n) is 6.53. The van der Waals surface area contributed by atoms with Gasteiger partial charge in [0.15, 0.2) is 8.67 Å². The van der Waals surface area contributed by atoms with E-state index in [2.05, 4.69) is 0 Å². The highest BCUT2D eigenvalue weighted by Crippen LogP contribution is 2.85. The lowest BCUT2D eigenvalue weighted by Gasteiger charge is -2.41. The SMILES string of the molecule is ClC1=C(Cl)[C@@]2(Cl)[C@H]3O[C@H]4[C@H]([C@@H]3[C@@]1(Cl)C2(Cl)Cl)[C@@]1(Cl)C(Cl)=C(Cl)[C@@]4(Cl)C1(Cl)Cl. The molecule has 1 heterocycles. The summed E-state index contributed by atoms with van der Waals surface area (Å²) in [6, 6.07) is 0. The molecule has 0 aromatic heterocycles. The third-order valence-corrected chi connectivity index (χ3v) is 15.0. The van der Waals surface area contributed by atoms with Crippen molar-refractivity contribution in [2.24, 2.45) is 11.8 Å². The maximum absolute atomic E-state index is 6.93. The summed E-state index contributed by atoms with van der Waals surface area (Å²) in [5.41, 5.74) is 0. The van der Waals surface area contributed by atoms with Gasteiger partial charge in [-0.1, -0.05) is 92.8 Å². The number of hydrogen-bond donors (Lipinski definition) is 0. The predicted octanol–water partition coefficient (Wildman–Crippen LogP) is 7.68. The van der Waals surface area contributed by atoms with Gasteiger partial charge in [-0.25, -0.2) is 0 Å². The zero-order chi connectivity index (χ0) is 20.3. The molecule has 8 atom stereocenters. The van der Waals surface area contributed by atoms with Crippen molar-refractivity contribution in [3.8, 4) is 0 Å². The Balaban J connectivity index is 1.80. The van der Waals surface area contributed by atoms with Crippen LogP contribution in [0, 0.1) is 11.8 Å². The number of hydrogen-bond acceptors (Lipinski definition) is 1. The Morgan fingerprint density at radius 3 is 1.04 bits per heavy atom. The van der Waals surface area contributed by atoms with Gasteiger partial charge in [0.1, 0.15) is 19.5 Å². The Kier molecular flexibility index (Phi) is 4.44. The summed E-state index contributed by atoms with van der Waals surface area (Å²) in [5.74, 6) is -1.50. The highest BCUT2D eigenvalue weighted by molar-refractivity contribution is 6.67. The van der Waals surface area contributed by atoms with Crippen LogP contribution < -0.4 is 0 Å². The normalized spacial score (nSPS) is 59.1. The minimum atomic E-state index is -1.81. The summed E-state index contributed by atoms with van der Waals surface area (Å²) in [5, 5.41) is 0.00695. The summed E-state index contributed by atoms with van der Waals surface area (Å²) in [6.07, 6.45) is -1.77. The van der Waals surface area contributed by atoms with Crippen LogP contribution in [0.1, 0.15) is 0 Å². The zero-order valence-corrected chi connectivity index (χ0v) is 21.3. The molecule has 1 nitrogen and oxygen atoms in total. The number of fused-ring (bicyclic) bond motifs is 11. The largest absolute Gasteiger partial charge is 0.370 e. The van der Waals surface area contributed by atoms with Crippen LogP contribution in [0.25, 0.3) is 0 Å². The fourth-order valence-corrected chi connectivity index (χ4v) is 11.2. The monoisotopic (exact) mass is 608 g/mol. The maximum Gasteiger partial charge on any atom is 0.169 e. The Morgan fingerprint density at radius 1 is 0.481 bits per heavy atom. The summed E-state index contributed by atoms with van der Waals surface area (Å²) in [6.45, 7) is 0. The molecule has 3 fully saturated rings. The number of allylic oxidation sites excluding steroid dienone is 2. The molecule has 0 aromatic rings. The van der Waals surface area contributed by atoms with Gasteiger partial charge in [-0.2, -0.15) is 0 Å². The van der Waals surface area contributed by atoms with Gasteiger partial charge in [-0.3, -0.25) is 0 Å². The van der Waals surface area contributed by atoms with Crippen molar-refractivity contribution in [2.75, 3.05) is 0 Å². The van der Waals surface area contributed by atoms with Gasteiger partial charge in [0.25, 0.3) is 0 Å². The first kappa shape index (κ1) is 21.7. The lowest BCUT2D eigenvalue weighted by Crippen LogP contribution is -2.51. The number of ether oxygens (including phenoxy) is 1. The molecular weight excluding hydrogens is 610 g/mol. The first-order chi connectivity index (χ1) is 12.1. The summed E-state index contributed by atoms with van der Waals surface area (Å²) in [4.78, 5) is -6.53. The zero-order valence-electron chi connectivity index (χ0n) is 12.3. The molecule has 1 aliphatic heterocycles. The lowest BCUT2D eigenvalue weighted by atomic mass is 9.74. The van der Waals surface area contributed by atoms with E-state index >= 15 is 0 Å². The number of halogens is 12. The first-order valence-corrected chi connectivity index (χ1v) is 11.9. The second-order valence-electron chi connectivity index (χ2n) is 7.28. The van der Waals surface area contributed by atoms with E-state index in [1.165, 1.54) is 0 Å². The van der Waals surface area contributed by atoms with Gasteiger partial charge >= 0.3 is 0 Å². The number of rotatable bonds is 0. The summed E-state index contributed by atoms with van der Waals surface area (Å²) in [7, 11) is 0. The highest BCUT2D eigenvalue weighted by Gasteiger charge is 2.94. The van der Waals surface area contributed by atoms with Crippen LogP contribution in [0.3, 0.4) is 0 Å². The van der Waals surface area contributed by atoms with Gasteiger partial charge in [0, 0.05) is 11.8 Å². The summed E-state index contributed by atoms with van der Waals surface area (Å²) >= 11 is 79.6. The number of alkyl halides is 8. The van der Waals surface area contributed by atoms with E-state index in [1.807, 2.05) is 0 Å². The van der Waals surface area contributed by atoms with E-state index in [4.69, 9.17) is 144 Å². The van der Waals surface area contributed by atoms with Crippen molar-refractivity contribution in [1.82, 2.24) is 0 Å². The standard InChI is InChI=1S/C14H4Cl12O/c15-3-5(17)11(21)7-1(9(3,19)13(11,23)24)2-8(27-7)12(22)6(18)4(16)10(2,20)14(12,25)26/h1-2,7-8H/t1-,2-,7-,8-,9-,10+,11+,12-/m0/s1. The fraction of sp³-hybridized carbons (Fsp3) is 0.714. The van der Waals surface area contributed by atoms with Crippen LogP contribution in [-0.2, 0) is 4.74 Å². The van der Waals surface area contributed by atoms with E-state index in [0.717, 1.165) is 0 Å². The van der Waals surface area contributed by atoms with Crippen molar-refractivity contribution >= 4 is 139 Å². The lowest BCUT2D eigenvalue weighted by molar-refractivity contribution is 0.0144. The molecule has 0 amide bonds. The van der Waals surface area contributed by atoms with Crippen LogP contribution in [-0.4, -0.2) is 40.4 Å². The van der Waals surface area contributed by atoms with Crippen molar-refractivity contribution in [1.29, 1.82) is 0 Å². The first-order valence-electron chi connectivity index (χ1n) is 7.39. The second kappa shape index (κ2) is 5.52. The van der Waals surface area contributed by atoms with Gasteiger partial charge in [0.2, 0.25) is 0 Å². The van der Waals surface area contributed by atoms with Crippen molar-refractivity contribution in [2.45, 2.75) is 40.4 Å². The predicted molar refractivity (Wildman–Crippen MR) is 116 cm³/mol. The van der Waals surface area contributed by atoms with E-state index in [9.17, 15) is 0 Å². The quantitative estimate of drug-likeness (QED) is 0.255. The maximum atomic E-state index is 6.93. The molecule has 5 rings (SSSR count). The Bertz CT molecular complexity index is 811. The van der Waals surface area contributed by atoms with Crippen LogP contribution >= 0.6 is 139 Å². The molecule has 5 aliphatic rings. The molecule has 13 heteroatoms. The minimum absolute atomic E-state index is 0.000174. The summed E-state index contributed by atoms with van der Waals surface area (Å²) < 4.78 is 2.57. The molecule has 0 radical (unpaired) electrons. The molecule has 27 heavy (non-hydrogen) atoms. The Labute approximate surface area is 214 Å². The van der Waals surface area contributed by atoms with Crippen LogP contribution in [0.15, 0.2) is 20.1 Å². The van der Waals surface area contributed by atoms with E-state index in [-0.39, 0.29) is 20.1 Å². The van der Waals surface area contributed by atoms with E-state index < -0.39 is 52.2 Å². The van der Waals surface area contributed by atoms with Gasteiger partial charge in [-0.05, 0) is 0 Å².